The second-order valence-electron chi connectivity index (χ2n) is 11.3. The number of nitrogens with zero attached hydrogens (tertiary/aromatic N) is 3. The number of hydrogen-bond donors (Lipinski definition) is 1. The van der Waals surface area contributed by atoms with E-state index in [1.807, 2.05) is 43.3 Å². The maximum Gasteiger partial charge on any atom is 0.302 e. The molecule has 0 spiro atoms. The highest BCUT2D eigenvalue weighted by Crippen LogP contribution is 2.31. The highest BCUT2D eigenvalue weighted by atomic mass is 29.3. The Kier molecular flexibility index (Phi) is 7.40. The van der Waals surface area contributed by atoms with Gasteiger partial charge >= 0.3 is 8.08 Å². The molecule has 1 heterocycles. The quantitative estimate of drug-likeness (QED) is 0.366. The van der Waals surface area contributed by atoms with Crippen LogP contribution in [0.5, 0.6) is 5.75 Å². The summed E-state index contributed by atoms with van der Waals surface area (Å²) < 4.78 is 13.3. The van der Waals surface area contributed by atoms with Crippen molar-refractivity contribution >= 4 is 35.0 Å². The topological polar surface area (TPSA) is 69.4 Å². The molecule has 0 saturated carbocycles. The number of aromatic hydroxyl groups is 1. The molecule has 2 atom stereocenters. The van der Waals surface area contributed by atoms with Gasteiger partial charge in [0.05, 0.1) is 0 Å². The number of fused-ring (bicyclic) bond motifs is 1. The standard InChI is InChI=1S/C24H39N3O3Si3/c1-18-14-20(15-19(2)17-29-33(9,32(6,7)8)30-31(3,4)5)24(28)23(16-18)27-25-21-12-10-11-13-22(21)26-27/h10-14,16,19,28H,15,17H2,1-9H3. The van der Waals surface area contributed by atoms with Gasteiger partial charge in [-0.25, -0.2) is 0 Å². The number of aromatic nitrogens is 3. The van der Waals surface area contributed by atoms with Gasteiger partial charge in [0.25, 0.3) is 0 Å². The lowest BCUT2D eigenvalue weighted by Gasteiger charge is -2.42. The molecule has 2 unspecified atom stereocenters. The molecule has 3 rings (SSSR count). The third kappa shape index (κ3) is 6.21. The smallest absolute Gasteiger partial charge is 0.302 e. The second-order valence-corrected chi connectivity index (χ2v) is 30.2. The van der Waals surface area contributed by atoms with E-state index in [1.165, 1.54) is 4.80 Å². The van der Waals surface area contributed by atoms with E-state index in [1.54, 1.807) is 0 Å². The zero-order valence-electron chi connectivity index (χ0n) is 21.6. The highest BCUT2D eigenvalue weighted by molar-refractivity contribution is 7.36. The van der Waals surface area contributed by atoms with Crippen LogP contribution in [0.1, 0.15) is 18.1 Å². The van der Waals surface area contributed by atoms with E-state index < -0.39 is 24.0 Å². The molecule has 9 heteroatoms. The lowest BCUT2D eigenvalue weighted by atomic mass is 9.98. The van der Waals surface area contributed by atoms with Crippen molar-refractivity contribution in [3.05, 3.63) is 47.5 Å². The zero-order valence-corrected chi connectivity index (χ0v) is 24.6. The second kappa shape index (κ2) is 9.46. The maximum absolute atomic E-state index is 11.1. The third-order valence-corrected chi connectivity index (χ3v) is 22.9. The summed E-state index contributed by atoms with van der Waals surface area (Å²) in [5.41, 5.74) is 4.18. The van der Waals surface area contributed by atoms with Crippen molar-refractivity contribution in [2.24, 2.45) is 5.92 Å². The van der Waals surface area contributed by atoms with E-state index in [0.29, 0.717) is 18.7 Å². The van der Waals surface area contributed by atoms with Gasteiger partial charge in [-0.3, -0.25) is 0 Å². The van der Waals surface area contributed by atoms with Crippen LogP contribution in [0.25, 0.3) is 16.7 Å². The molecule has 180 valence electrons. The molecule has 6 nitrogen and oxygen atoms in total. The van der Waals surface area contributed by atoms with E-state index in [0.717, 1.165) is 22.2 Å². The van der Waals surface area contributed by atoms with Crippen molar-refractivity contribution in [2.45, 2.75) is 66.1 Å². The van der Waals surface area contributed by atoms with Crippen LogP contribution in [0.4, 0.5) is 0 Å². The first-order valence-corrected chi connectivity index (χ1v) is 21.9. The van der Waals surface area contributed by atoms with Crippen LogP contribution in [-0.2, 0) is 15.0 Å². The summed E-state index contributed by atoms with van der Waals surface area (Å²) >= 11 is 0. The fourth-order valence-electron chi connectivity index (χ4n) is 3.83. The summed E-state index contributed by atoms with van der Waals surface area (Å²) in [6, 6.07) is 11.7. The Morgan fingerprint density at radius 1 is 0.970 bits per heavy atom. The minimum Gasteiger partial charge on any atom is -0.505 e. The monoisotopic (exact) mass is 501 g/mol. The van der Waals surface area contributed by atoms with Gasteiger partial charge in [-0.05, 0) is 74.8 Å². The molecule has 33 heavy (non-hydrogen) atoms. The Morgan fingerprint density at radius 2 is 1.55 bits per heavy atom. The fourth-order valence-corrected chi connectivity index (χ4v) is 18.1. The molecule has 0 amide bonds. The Morgan fingerprint density at radius 3 is 2.06 bits per heavy atom. The van der Waals surface area contributed by atoms with Gasteiger partial charge in [0.1, 0.15) is 30.1 Å². The van der Waals surface area contributed by atoms with Crippen LogP contribution in [0.2, 0.25) is 45.8 Å². The van der Waals surface area contributed by atoms with Crippen molar-refractivity contribution in [3.63, 3.8) is 0 Å². The van der Waals surface area contributed by atoms with E-state index in [-0.39, 0.29) is 11.7 Å². The number of aryl methyl sites for hydroxylation is 1. The van der Waals surface area contributed by atoms with Gasteiger partial charge in [-0.15, -0.1) is 15.0 Å². The van der Waals surface area contributed by atoms with Crippen molar-refractivity contribution in [3.8, 4) is 11.4 Å². The summed E-state index contributed by atoms with van der Waals surface area (Å²) in [6.07, 6.45) is 0.713. The molecule has 0 radical (unpaired) electrons. The average Bonchev–Trinajstić information content (AvgIpc) is 3.11. The molecule has 3 aromatic rings. The van der Waals surface area contributed by atoms with Crippen molar-refractivity contribution < 1.29 is 13.6 Å². The van der Waals surface area contributed by atoms with Gasteiger partial charge in [0.15, 0.2) is 8.32 Å². The molecule has 0 aliphatic rings. The highest BCUT2D eigenvalue weighted by Gasteiger charge is 2.48. The molecule has 0 aliphatic heterocycles. The van der Waals surface area contributed by atoms with Crippen LogP contribution in [0.15, 0.2) is 36.4 Å². The number of benzene rings is 2. The SMILES string of the molecule is Cc1cc(CC(C)CO[Si](C)(O[Si](C)(C)C)[Si](C)(C)C)c(O)c(-n2nc3ccccc3n2)c1. The van der Waals surface area contributed by atoms with Crippen molar-refractivity contribution in [1.82, 2.24) is 15.0 Å². The molecular formula is C24H39N3O3Si3. The van der Waals surface area contributed by atoms with Crippen molar-refractivity contribution in [2.75, 3.05) is 6.61 Å². The number of phenolic OH excluding ortho intramolecular Hbond substituents is 1. The lowest BCUT2D eigenvalue weighted by Crippen LogP contribution is -2.63. The molecule has 2 aromatic carbocycles. The summed E-state index contributed by atoms with van der Waals surface area (Å²) in [5, 5.41) is 20.2. The summed E-state index contributed by atoms with van der Waals surface area (Å²) in [7, 11) is -5.58. The first-order chi connectivity index (χ1) is 15.2. The first-order valence-electron chi connectivity index (χ1n) is 11.7. The third-order valence-electron chi connectivity index (χ3n) is 5.89. The van der Waals surface area contributed by atoms with Crippen LogP contribution >= 0.6 is 0 Å². The minimum absolute atomic E-state index is 0.233. The van der Waals surface area contributed by atoms with E-state index >= 15 is 0 Å². The summed E-state index contributed by atoms with van der Waals surface area (Å²) in [4.78, 5) is 1.54. The molecule has 0 saturated heterocycles. The average molecular weight is 502 g/mol. The molecule has 0 fully saturated rings. The van der Waals surface area contributed by atoms with E-state index in [2.05, 4.69) is 63.0 Å². The summed E-state index contributed by atoms with van der Waals surface area (Å²) in [5.74, 6) is 0.472. The molecule has 1 aromatic heterocycles. The van der Waals surface area contributed by atoms with Crippen LogP contribution in [-0.4, -0.2) is 50.7 Å². The fraction of sp³-hybridized carbons (Fsp3) is 0.500. The molecule has 0 aliphatic carbocycles. The number of rotatable bonds is 9. The van der Waals surface area contributed by atoms with Gasteiger partial charge in [-0.2, -0.15) is 0 Å². The molecule has 1 N–H and O–H groups in total. The Labute approximate surface area is 201 Å². The van der Waals surface area contributed by atoms with Gasteiger partial charge in [0.2, 0.25) is 0 Å². The summed E-state index contributed by atoms with van der Waals surface area (Å²) in [6.45, 7) is 20.9. The first kappa shape index (κ1) is 25.8. The minimum atomic E-state index is -2.26. The van der Waals surface area contributed by atoms with Gasteiger partial charge < -0.3 is 13.6 Å². The Bertz CT molecular complexity index is 1090. The predicted octanol–water partition coefficient (Wildman–Crippen LogP) is 5.97. The van der Waals surface area contributed by atoms with Crippen LogP contribution in [0, 0.1) is 12.8 Å². The van der Waals surface area contributed by atoms with Crippen LogP contribution < -0.4 is 0 Å². The lowest BCUT2D eigenvalue weighted by molar-refractivity contribution is 0.214. The van der Waals surface area contributed by atoms with E-state index in [4.69, 9.17) is 8.54 Å². The predicted molar refractivity (Wildman–Crippen MR) is 143 cm³/mol. The maximum atomic E-state index is 11.1. The normalized spacial score (nSPS) is 15.5. The van der Waals surface area contributed by atoms with Crippen molar-refractivity contribution in [1.29, 1.82) is 0 Å². The largest absolute Gasteiger partial charge is 0.505 e. The van der Waals surface area contributed by atoms with Gasteiger partial charge in [-0.1, -0.05) is 44.8 Å². The van der Waals surface area contributed by atoms with Crippen LogP contribution in [0.3, 0.4) is 0 Å². The Balaban J connectivity index is 1.80. The zero-order chi connectivity index (χ0) is 24.6. The number of hydrogen-bond acceptors (Lipinski definition) is 5. The number of phenols is 1. The van der Waals surface area contributed by atoms with Gasteiger partial charge in [0, 0.05) is 6.61 Å². The molecule has 0 bridgehead atoms. The molecular weight excluding hydrogens is 463 g/mol. The Hall–Kier alpha value is -1.79. The van der Waals surface area contributed by atoms with E-state index in [9.17, 15) is 5.11 Å².